The summed E-state index contributed by atoms with van der Waals surface area (Å²) in [6.45, 7) is 5.12. The topological polar surface area (TPSA) is 55.8 Å². The summed E-state index contributed by atoms with van der Waals surface area (Å²) in [5.41, 5.74) is 2.77. The molecule has 152 valence electrons. The molecule has 5 heteroatoms. The number of carbonyl (C=O) groups excluding carboxylic acids is 2. The average molecular weight is 386 g/mol. The van der Waals surface area contributed by atoms with Gasteiger partial charge in [0.05, 0.1) is 24.2 Å². The molecule has 2 saturated carbocycles. The van der Waals surface area contributed by atoms with Crippen LogP contribution in [-0.4, -0.2) is 48.7 Å². The summed E-state index contributed by atoms with van der Waals surface area (Å²) in [4.78, 5) is 27.7. The summed E-state index contributed by atoms with van der Waals surface area (Å²) < 4.78 is 11.5. The number of benzene rings is 1. The summed E-state index contributed by atoms with van der Waals surface area (Å²) in [5, 5.41) is 0. The maximum atomic E-state index is 13.0. The van der Waals surface area contributed by atoms with Gasteiger partial charge in [0.2, 0.25) is 0 Å². The Balaban J connectivity index is 1.42. The van der Waals surface area contributed by atoms with E-state index >= 15 is 0 Å². The fourth-order valence-corrected chi connectivity index (χ4v) is 5.15. The molecular weight excluding hydrogens is 354 g/mol. The van der Waals surface area contributed by atoms with E-state index in [1.165, 1.54) is 0 Å². The molecule has 1 aromatic carbocycles. The molecule has 0 N–H and O–H groups in total. The van der Waals surface area contributed by atoms with Gasteiger partial charge in [-0.3, -0.25) is 9.59 Å². The van der Waals surface area contributed by atoms with Crippen molar-refractivity contribution in [3.05, 3.63) is 34.9 Å². The van der Waals surface area contributed by atoms with Crippen molar-refractivity contribution in [3.63, 3.8) is 0 Å². The monoisotopic (exact) mass is 385 g/mol. The molecule has 1 aromatic rings. The first kappa shape index (κ1) is 19.4. The van der Waals surface area contributed by atoms with Crippen molar-refractivity contribution < 1.29 is 19.1 Å². The second-order valence-corrected chi connectivity index (χ2v) is 8.74. The number of ether oxygens (including phenoxy) is 2. The van der Waals surface area contributed by atoms with E-state index in [1.54, 1.807) is 0 Å². The molecule has 4 rings (SSSR count). The Hall–Kier alpha value is -1.88. The molecule has 5 nitrogen and oxygen atoms in total. The molecule has 1 aliphatic heterocycles. The molecule has 0 aromatic heterocycles. The van der Waals surface area contributed by atoms with E-state index in [2.05, 4.69) is 32.0 Å². The van der Waals surface area contributed by atoms with E-state index in [-0.39, 0.29) is 30.6 Å². The van der Waals surface area contributed by atoms with E-state index < -0.39 is 5.41 Å². The van der Waals surface area contributed by atoms with Crippen molar-refractivity contribution in [2.75, 3.05) is 19.8 Å². The molecule has 1 heterocycles. The zero-order chi connectivity index (χ0) is 19.7. The summed E-state index contributed by atoms with van der Waals surface area (Å²) in [6, 6.07) is 6.43. The Labute approximate surface area is 167 Å². The summed E-state index contributed by atoms with van der Waals surface area (Å²) >= 11 is 0. The van der Waals surface area contributed by atoms with Crippen LogP contribution in [0.15, 0.2) is 18.2 Å². The third-order valence-corrected chi connectivity index (χ3v) is 6.75. The number of carbonyl (C=O) groups is 2. The van der Waals surface area contributed by atoms with Crippen LogP contribution in [0.3, 0.4) is 0 Å². The zero-order valence-corrected chi connectivity index (χ0v) is 17.0. The number of fused-ring (bicyclic) bond motifs is 1. The van der Waals surface area contributed by atoms with Crippen molar-refractivity contribution in [3.8, 4) is 0 Å². The third-order valence-electron chi connectivity index (χ3n) is 6.75. The van der Waals surface area contributed by atoms with Gasteiger partial charge in [-0.2, -0.15) is 0 Å². The maximum Gasteiger partial charge on any atom is 0.317 e. The van der Waals surface area contributed by atoms with E-state index in [1.807, 2.05) is 4.90 Å². The molecule has 1 amide bonds. The Bertz CT molecular complexity index is 733. The number of nitrogens with zero attached hydrogens (tertiary/aromatic N) is 1. The van der Waals surface area contributed by atoms with Gasteiger partial charge in [0.25, 0.3) is 5.91 Å². The Morgan fingerprint density at radius 1 is 1.11 bits per heavy atom. The normalized spacial score (nSPS) is 26.1. The SMILES string of the molecule is Cc1cc(C)cc(C2(C(=O)OCC(=O)N3CCO[C@@H]4CCCC[C@@H]43)CCC2)c1. The Kier molecular flexibility index (Phi) is 5.46. The number of esters is 1. The predicted molar refractivity (Wildman–Crippen MR) is 106 cm³/mol. The zero-order valence-electron chi connectivity index (χ0n) is 17.0. The molecule has 3 fully saturated rings. The highest BCUT2D eigenvalue weighted by atomic mass is 16.5. The molecule has 2 aliphatic carbocycles. The lowest BCUT2D eigenvalue weighted by molar-refractivity contribution is -0.166. The van der Waals surface area contributed by atoms with Gasteiger partial charge in [-0.25, -0.2) is 0 Å². The number of amides is 1. The number of aryl methyl sites for hydroxylation is 2. The van der Waals surface area contributed by atoms with Crippen molar-refractivity contribution >= 4 is 11.9 Å². The number of hydrogen-bond donors (Lipinski definition) is 0. The highest BCUT2D eigenvalue weighted by molar-refractivity contribution is 5.87. The van der Waals surface area contributed by atoms with Gasteiger partial charge in [0.1, 0.15) is 0 Å². The second-order valence-electron chi connectivity index (χ2n) is 8.74. The minimum Gasteiger partial charge on any atom is -0.455 e. The van der Waals surface area contributed by atoms with Gasteiger partial charge < -0.3 is 14.4 Å². The van der Waals surface area contributed by atoms with Gasteiger partial charge in [0, 0.05) is 6.54 Å². The number of hydrogen-bond acceptors (Lipinski definition) is 4. The molecule has 3 aliphatic rings. The summed E-state index contributed by atoms with van der Waals surface area (Å²) in [7, 11) is 0. The van der Waals surface area contributed by atoms with Gasteiger partial charge in [0.15, 0.2) is 6.61 Å². The largest absolute Gasteiger partial charge is 0.455 e. The molecule has 0 bridgehead atoms. The lowest BCUT2D eigenvalue weighted by atomic mass is 9.64. The van der Waals surface area contributed by atoms with Crippen molar-refractivity contribution in [2.45, 2.75) is 76.4 Å². The first-order chi connectivity index (χ1) is 13.5. The average Bonchev–Trinajstić information content (AvgIpc) is 2.64. The highest BCUT2D eigenvalue weighted by Crippen LogP contribution is 2.45. The van der Waals surface area contributed by atoms with Crippen LogP contribution in [0.25, 0.3) is 0 Å². The molecule has 1 saturated heterocycles. The molecule has 2 atom stereocenters. The lowest BCUT2D eigenvalue weighted by Crippen LogP contribution is -2.56. The van der Waals surface area contributed by atoms with E-state index in [0.717, 1.165) is 61.6 Å². The second kappa shape index (κ2) is 7.86. The highest BCUT2D eigenvalue weighted by Gasteiger charge is 2.47. The first-order valence-electron chi connectivity index (χ1n) is 10.7. The van der Waals surface area contributed by atoms with Crippen LogP contribution in [-0.2, 0) is 24.5 Å². The third kappa shape index (κ3) is 3.57. The van der Waals surface area contributed by atoms with Crippen molar-refractivity contribution in [1.29, 1.82) is 0 Å². The quantitative estimate of drug-likeness (QED) is 0.745. The fourth-order valence-electron chi connectivity index (χ4n) is 5.15. The minimum absolute atomic E-state index is 0.0801. The Morgan fingerprint density at radius 3 is 2.50 bits per heavy atom. The standard InChI is InChI=1S/C23H31NO4/c1-16-12-17(2)14-18(13-16)23(8-5-9-23)22(26)28-15-21(25)24-10-11-27-20-7-4-3-6-19(20)24/h12-14,19-20H,3-11,15H2,1-2H3/t19-,20+/m0/s1. The van der Waals surface area contributed by atoms with Crippen molar-refractivity contribution in [1.82, 2.24) is 4.90 Å². The van der Waals surface area contributed by atoms with Crippen LogP contribution >= 0.6 is 0 Å². The van der Waals surface area contributed by atoms with Crippen LogP contribution in [0.2, 0.25) is 0 Å². The summed E-state index contributed by atoms with van der Waals surface area (Å²) in [6.07, 6.45) is 7.05. The number of morpholine rings is 1. The fraction of sp³-hybridized carbons (Fsp3) is 0.652. The first-order valence-corrected chi connectivity index (χ1v) is 10.7. The molecule has 0 radical (unpaired) electrons. The van der Waals surface area contributed by atoms with Crippen LogP contribution in [0, 0.1) is 13.8 Å². The molecule has 0 spiro atoms. The van der Waals surface area contributed by atoms with Crippen molar-refractivity contribution in [2.24, 2.45) is 0 Å². The smallest absolute Gasteiger partial charge is 0.317 e. The minimum atomic E-state index is -0.574. The van der Waals surface area contributed by atoms with Crippen LogP contribution < -0.4 is 0 Å². The van der Waals surface area contributed by atoms with E-state index in [9.17, 15) is 9.59 Å². The van der Waals surface area contributed by atoms with Gasteiger partial charge >= 0.3 is 5.97 Å². The van der Waals surface area contributed by atoms with Gasteiger partial charge in [-0.1, -0.05) is 48.6 Å². The lowest BCUT2D eigenvalue weighted by Gasteiger charge is -2.44. The Morgan fingerprint density at radius 2 is 1.82 bits per heavy atom. The van der Waals surface area contributed by atoms with E-state index in [4.69, 9.17) is 9.47 Å². The van der Waals surface area contributed by atoms with Gasteiger partial charge in [-0.15, -0.1) is 0 Å². The molecule has 28 heavy (non-hydrogen) atoms. The number of rotatable bonds is 4. The van der Waals surface area contributed by atoms with E-state index in [0.29, 0.717) is 13.2 Å². The molecule has 0 unspecified atom stereocenters. The predicted octanol–water partition coefficient (Wildman–Crippen LogP) is 3.44. The van der Waals surface area contributed by atoms with Crippen LogP contribution in [0.4, 0.5) is 0 Å². The van der Waals surface area contributed by atoms with Crippen LogP contribution in [0.5, 0.6) is 0 Å². The van der Waals surface area contributed by atoms with Crippen LogP contribution in [0.1, 0.15) is 61.6 Å². The molecular formula is C23H31NO4. The maximum absolute atomic E-state index is 13.0. The van der Waals surface area contributed by atoms with Gasteiger partial charge in [-0.05, 0) is 45.1 Å². The summed E-state index contributed by atoms with van der Waals surface area (Å²) in [5.74, 6) is -0.325.